The van der Waals surface area contributed by atoms with E-state index in [0.717, 1.165) is 0 Å². The monoisotopic (exact) mass is 603 g/mol. The summed E-state index contributed by atoms with van der Waals surface area (Å²) in [7, 11) is 4.41. The third-order valence-corrected chi connectivity index (χ3v) is 6.21. The van der Waals surface area contributed by atoms with E-state index < -0.39 is 24.2 Å². The maximum Gasteiger partial charge on any atom is 0.343 e. The number of esters is 1. The second kappa shape index (κ2) is 11.6. The maximum atomic E-state index is 12.0. The lowest BCUT2D eigenvalue weighted by Crippen LogP contribution is -2.09. The van der Waals surface area contributed by atoms with Crippen LogP contribution < -0.4 is 5.73 Å². The molecule has 0 bridgehead atoms. The third-order valence-electron chi connectivity index (χ3n) is 6.21. The van der Waals surface area contributed by atoms with Crippen LogP contribution in [-0.4, -0.2) is 84.8 Å². The molecule has 4 N–H and O–H groups in total. The molecule has 20 heteroatoms. The average molecular weight is 604 g/mol. The average Bonchev–Trinajstić information content (AvgIpc) is 3.75. The first-order valence-corrected chi connectivity index (χ1v) is 12.6. The number of aliphatic hydroxyl groups is 1. The summed E-state index contributed by atoms with van der Waals surface area (Å²) in [6.07, 6.45) is 4.07. The zero-order chi connectivity index (χ0) is 31.7. The number of nitrogens with two attached hydrogens (primary N) is 1. The van der Waals surface area contributed by atoms with Crippen LogP contribution >= 0.6 is 0 Å². The van der Waals surface area contributed by atoms with E-state index in [1.165, 1.54) is 50.5 Å². The molecule has 226 valence electrons. The number of nitrogen functional groups attached to an aromatic ring is 1. The maximum absolute atomic E-state index is 12.0. The summed E-state index contributed by atoms with van der Waals surface area (Å²) in [5, 5.41) is 53.0. The number of nitrogens with zero attached hydrogens (tertiary/aromatic N) is 14. The van der Waals surface area contributed by atoms with E-state index in [4.69, 9.17) is 10.5 Å². The Balaban J connectivity index is 1.47. The molecule has 0 aliphatic rings. The Morgan fingerprint density at radius 1 is 0.955 bits per heavy atom. The van der Waals surface area contributed by atoms with Gasteiger partial charge in [0.1, 0.15) is 17.9 Å². The summed E-state index contributed by atoms with van der Waals surface area (Å²) in [6.45, 7) is 2.59. The summed E-state index contributed by atoms with van der Waals surface area (Å²) in [5.41, 5.74) is 7.85. The van der Waals surface area contributed by atoms with E-state index >= 15 is 0 Å². The molecule has 5 heterocycles. The van der Waals surface area contributed by atoms with Crippen LogP contribution in [0.3, 0.4) is 0 Å². The molecule has 44 heavy (non-hydrogen) atoms. The van der Waals surface area contributed by atoms with Gasteiger partial charge >= 0.3 is 5.97 Å². The predicted molar refractivity (Wildman–Crippen MR) is 149 cm³/mol. The number of ketones is 1. The summed E-state index contributed by atoms with van der Waals surface area (Å²) in [6, 6.07) is 1.24. The molecule has 0 aromatic carbocycles. The number of aryl methyl sites for hydroxylation is 4. The lowest BCUT2D eigenvalue weighted by Gasteiger charge is -2.06. The highest BCUT2D eigenvalue weighted by molar-refractivity contribution is 6.00. The van der Waals surface area contributed by atoms with Gasteiger partial charge in [-0.25, -0.2) is 18.8 Å². The molecule has 0 unspecified atom stereocenters. The number of rotatable bonds is 9. The Hall–Kier alpha value is -6.18. The van der Waals surface area contributed by atoms with Crippen molar-refractivity contribution in [1.29, 1.82) is 0 Å². The third kappa shape index (κ3) is 5.38. The minimum absolute atomic E-state index is 0.0243. The number of methoxy groups -OCH3 is 1. The molecule has 0 spiro atoms. The van der Waals surface area contributed by atoms with Crippen LogP contribution in [0.1, 0.15) is 32.1 Å². The number of aliphatic hydroxyl groups excluding tert-OH is 1. The normalized spacial score (nSPS) is 11.7. The Labute approximate surface area is 247 Å². The topological polar surface area (TPSA) is 256 Å². The van der Waals surface area contributed by atoms with Gasteiger partial charge in [0.25, 0.3) is 5.95 Å². The molecule has 0 saturated heterocycles. The van der Waals surface area contributed by atoms with Crippen LogP contribution in [0.15, 0.2) is 45.1 Å². The minimum atomic E-state index is -0.715. The standard InChI is InChI=1S/C24H25N15O5/c1-11-15(30-32-22-14(23(43)44-5)8-27-37(22)4)9-38(34-11)24-28-17(6-18(42)29-24)39-20(25)19(12(2)35-39)31-33-21-13(16(41)10-40)7-26-36(21)3/h6-9,40H,10,25H2,1-5H3,(H,28,29,42)/b32-30+,33-31+. The van der Waals surface area contributed by atoms with Crippen molar-refractivity contribution in [3.63, 3.8) is 0 Å². The summed E-state index contributed by atoms with van der Waals surface area (Å²) >= 11 is 0. The van der Waals surface area contributed by atoms with E-state index in [9.17, 15) is 19.8 Å². The Morgan fingerprint density at radius 3 is 2.30 bits per heavy atom. The van der Waals surface area contributed by atoms with Gasteiger partial charge in [-0.1, -0.05) is 0 Å². The smallest absolute Gasteiger partial charge is 0.343 e. The number of aromatic nitrogens is 10. The van der Waals surface area contributed by atoms with Crippen molar-refractivity contribution < 1.29 is 24.5 Å². The lowest BCUT2D eigenvalue weighted by atomic mass is 10.2. The molecule has 0 radical (unpaired) electrons. The minimum Gasteiger partial charge on any atom is -0.493 e. The Kier molecular flexibility index (Phi) is 7.73. The number of carbonyl (C=O) groups is 2. The fourth-order valence-electron chi connectivity index (χ4n) is 3.94. The van der Waals surface area contributed by atoms with Crippen LogP contribution in [-0.2, 0) is 18.8 Å². The zero-order valence-corrected chi connectivity index (χ0v) is 24.0. The Morgan fingerprint density at radius 2 is 1.61 bits per heavy atom. The number of anilines is 1. The number of azo groups is 2. The molecule has 0 aliphatic heterocycles. The summed E-state index contributed by atoms with van der Waals surface area (Å²) in [5.74, 6) is -1.23. The lowest BCUT2D eigenvalue weighted by molar-refractivity contribution is 0.0601. The van der Waals surface area contributed by atoms with Crippen LogP contribution in [0.4, 0.5) is 28.8 Å². The van der Waals surface area contributed by atoms with Gasteiger partial charge in [0.15, 0.2) is 34.7 Å². The van der Waals surface area contributed by atoms with E-state index in [0.29, 0.717) is 17.1 Å². The summed E-state index contributed by atoms with van der Waals surface area (Å²) in [4.78, 5) is 32.5. The molecule has 5 aromatic heterocycles. The van der Waals surface area contributed by atoms with Crippen LogP contribution in [0.25, 0.3) is 11.8 Å². The largest absolute Gasteiger partial charge is 0.493 e. The van der Waals surface area contributed by atoms with Crippen molar-refractivity contribution in [1.82, 2.24) is 49.1 Å². The highest BCUT2D eigenvalue weighted by atomic mass is 16.5. The fourth-order valence-corrected chi connectivity index (χ4v) is 3.94. The highest BCUT2D eigenvalue weighted by Gasteiger charge is 2.20. The number of carbonyl (C=O) groups excluding carboxylic acids is 2. The van der Waals surface area contributed by atoms with E-state index in [1.807, 2.05) is 0 Å². The number of Topliss-reactive ketones (excluding diaryl/α,β-unsaturated/α-hetero) is 1. The van der Waals surface area contributed by atoms with Gasteiger partial charge in [-0.2, -0.15) is 35.0 Å². The fraction of sp³-hybridized carbons (Fsp3) is 0.250. The van der Waals surface area contributed by atoms with Gasteiger partial charge in [-0.05, 0) is 13.8 Å². The van der Waals surface area contributed by atoms with Gasteiger partial charge < -0.3 is 20.7 Å². The van der Waals surface area contributed by atoms with Crippen LogP contribution in [0.5, 0.6) is 5.88 Å². The molecule has 5 rings (SSSR count). The van der Waals surface area contributed by atoms with Gasteiger partial charge in [-0.3, -0.25) is 4.79 Å². The number of aromatic hydroxyl groups is 1. The molecular weight excluding hydrogens is 578 g/mol. The van der Waals surface area contributed by atoms with Gasteiger partial charge in [0.2, 0.25) is 5.88 Å². The zero-order valence-electron chi connectivity index (χ0n) is 24.0. The van der Waals surface area contributed by atoms with Crippen molar-refractivity contribution in [2.24, 2.45) is 34.6 Å². The van der Waals surface area contributed by atoms with Gasteiger partial charge in [0.05, 0.1) is 42.7 Å². The van der Waals surface area contributed by atoms with Crippen molar-refractivity contribution in [3.8, 4) is 17.6 Å². The van der Waals surface area contributed by atoms with Crippen molar-refractivity contribution in [2.75, 3.05) is 19.5 Å². The molecule has 5 aromatic rings. The number of ether oxygens (including phenoxy) is 1. The molecule has 20 nitrogen and oxygen atoms in total. The SMILES string of the molecule is COC(=O)c1cnn(C)c1/N=N/c1cn(-c2nc(O)cc(-n3nc(C)c(/N=N/c4c(C(=O)CO)cnn4C)c3N)n2)nc1C. The van der Waals surface area contributed by atoms with Crippen molar-refractivity contribution >= 4 is 40.6 Å². The molecule has 0 fully saturated rings. The second-order valence-corrected chi connectivity index (χ2v) is 9.14. The molecular formula is C24H25N15O5. The first kappa shape index (κ1) is 29.3. The van der Waals surface area contributed by atoms with Crippen LogP contribution in [0.2, 0.25) is 0 Å². The molecule has 0 atom stereocenters. The predicted octanol–water partition coefficient (Wildman–Crippen LogP) is 2.01. The van der Waals surface area contributed by atoms with E-state index in [1.54, 1.807) is 27.9 Å². The van der Waals surface area contributed by atoms with E-state index in [2.05, 4.69) is 50.8 Å². The summed E-state index contributed by atoms with van der Waals surface area (Å²) < 4.78 is 9.95. The number of hydrogen-bond acceptors (Lipinski definition) is 16. The first-order valence-electron chi connectivity index (χ1n) is 12.6. The van der Waals surface area contributed by atoms with Crippen molar-refractivity contribution in [2.45, 2.75) is 13.8 Å². The molecule has 0 amide bonds. The Bertz CT molecular complexity index is 1960. The van der Waals surface area contributed by atoms with E-state index in [-0.39, 0.29) is 46.0 Å². The van der Waals surface area contributed by atoms with Crippen LogP contribution in [0, 0.1) is 13.8 Å². The molecule has 0 saturated carbocycles. The molecule has 0 aliphatic carbocycles. The highest BCUT2D eigenvalue weighted by Crippen LogP contribution is 2.32. The second-order valence-electron chi connectivity index (χ2n) is 9.14. The quantitative estimate of drug-likeness (QED) is 0.124. The first-order chi connectivity index (χ1) is 21.0. The van der Waals surface area contributed by atoms with Gasteiger partial charge in [-0.15, -0.1) is 20.5 Å². The van der Waals surface area contributed by atoms with Gasteiger partial charge in [0, 0.05) is 20.2 Å². The number of hydrogen-bond donors (Lipinski definition) is 3. The van der Waals surface area contributed by atoms with Crippen molar-refractivity contribution in [3.05, 3.63) is 47.2 Å².